The maximum Gasteiger partial charge on any atom is 0.631 e. The minimum absolute atomic E-state index is 1.30. The SMILES string of the molecule is Cc1cccc(P)c1C.Cc1cccc(P)c1C.Cc1cccc(P)c1C.OB(O)O. The molecule has 0 fully saturated rings. The third-order valence-corrected chi connectivity index (χ3v) is 6.82. The van der Waals surface area contributed by atoms with E-state index in [-0.39, 0.29) is 0 Å². The molecule has 0 saturated carbocycles. The minimum Gasteiger partial charge on any atom is -0.402 e. The fraction of sp³-hybridized carbons (Fsp3) is 0.250. The normalized spacial score (nSPS) is 9.29. The molecular weight excluding hydrogens is 440 g/mol. The molecular formula is C24H36BO3P3. The highest BCUT2D eigenvalue weighted by molar-refractivity contribution is 7.28. The van der Waals surface area contributed by atoms with Gasteiger partial charge in [-0.15, -0.1) is 27.7 Å². The van der Waals surface area contributed by atoms with Crippen LogP contribution < -0.4 is 15.9 Å². The van der Waals surface area contributed by atoms with Gasteiger partial charge in [0.1, 0.15) is 0 Å². The quantitative estimate of drug-likeness (QED) is 0.345. The van der Waals surface area contributed by atoms with Crippen LogP contribution in [0.3, 0.4) is 0 Å². The van der Waals surface area contributed by atoms with Crippen molar-refractivity contribution in [1.82, 2.24) is 0 Å². The third kappa shape index (κ3) is 12.5. The zero-order valence-electron chi connectivity index (χ0n) is 19.3. The summed E-state index contributed by atoms with van der Waals surface area (Å²) < 4.78 is 0. The van der Waals surface area contributed by atoms with Crippen molar-refractivity contribution in [3.05, 3.63) is 88.0 Å². The lowest BCUT2D eigenvalue weighted by Crippen LogP contribution is -2.07. The van der Waals surface area contributed by atoms with E-state index in [1.807, 2.05) is 0 Å². The molecule has 0 saturated heterocycles. The summed E-state index contributed by atoms with van der Waals surface area (Å²) in [6, 6.07) is 18.9. The monoisotopic (exact) mass is 476 g/mol. The predicted molar refractivity (Wildman–Crippen MR) is 148 cm³/mol. The molecule has 3 aromatic carbocycles. The Labute approximate surface area is 195 Å². The lowest BCUT2D eigenvalue weighted by molar-refractivity contribution is 0.278. The molecule has 3 aromatic rings. The lowest BCUT2D eigenvalue weighted by atomic mass is 10.1. The number of hydrogen-bond donors (Lipinski definition) is 3. The maximum absolute atomic E-state index is 7.17. The predicted octanol–water partition coefficient (Wildman–Crippen LogP) is 3.36. The van der Waals surface area contributed by atoms with Crippen LogP contribution in [-0.2, 0) is 0 Å². The number of benzene rings is 3. The summed E-state index contributed by atoms with van der Waals surface area (Å²) in [6.07, 6.45) is 0. The van der Waals surface area contributed by atoms with E-state index in [0.29, 0.717) is 0 Å². The summed E-state index contributed by atoms with van der Waals surface area (Å²) in [5.74, 6) is 0. The van der Waals surface area contributed by atoms with Gasteiger partial charge in [0.15, 0.2) is 0 Å². The van der Waals surface area contributed by atoms with E-state index < -0.39 is 7.32 Å². The summed E-state index contributed by atoms with van der Waals surface area (Å²) in [4.78, 5) is 0. The topological polar surface area (TPSA) is 60.7 Å². The van der Waals surface area contributed by atoms with E-state index in [1.165, 1.54) is 49.3 Å². The number of rotatable bonds is 0. The standard InChI is InChI=1S/3C8H11P.BH3O3/c3*1-6-4-3-5-8(9)7(6)2;2-1(3)4/h3*3-5H,9H2,1-2H3;2-4H. The average Bonchev–Trinajstić information content (AvgIpc) is 2.69. The zero-order chi connectivity index (χ0) is 24.1. The molecule has 0 aromatic heterocycles. The highest BCUT2D eigenvalue weighted by Crippen LogP contribution is 2.06. The first-order chi connectivity index (χ1) is 14.4. The van der Waals surface area contributed by atoms with Crippen molar-refractivity contribution in [3.63, 3.8) is 0 Å². The molecule has 3 atom stereocenters. The molecule has 7 heteroatoms. The molecule has 3 N–H and O–H groups in total. The largest absolute Gasteiger partial charge is 0.631 e. The van der Waals surface area contributed by atoms with E-state index in [0.717, 1.165) is 0 Å². The Balaban J connectivity index is 0.000000402. The van der Waals surface area contributed by atoms with Crippen molar-refractivity contribution in [2.45, 2.75) is 41.5 Å². The van der Waals surface area contributed by atoms with Gasteiger partial charge in [0.05, 0.1) is 0 Å². The lowest BCUT2D eigenvalue weighted by Gasteiger charge is -2.00. The highest BCUT2D eigenvalue weighted by Gasteiger charge is 1.94. The van der Waals surface area contributed by atoms with E-state index in [1.54, 1.807) is 0 Å². The zero-order valence-corrected chi connectivity index (χ0v) is 22.8. The Morgan fingerprint density at radius 2 is 0.677 bits per heavy atom. The first kappa shape index (κ1) is 29.9. The summed E-state index contributed by atoms with van der Waals surface area (Å²) in [7, 11) is 6.00. The Morgan fingerprint density at radius 1 is 0.484 bits per heavy atom. The minimum atomic E-state index is -2.17. The van der Waals surface area contributed by atoms with Crippen LogP contribution in [0, 0.1) is 41.5 Å². The molecule has 3 nitrogen and oxygen atoms in total. The van der Waals surface area contributed by atoms with Crippen LogP contribution in [0.5, 0.6) is 0 Å². The van der Waals surface area contributed by atoms with Gasteiger partial charge in [-0.2, -0.15) is 0 Å². The number of aryl methyl sites for hydroxylation is 3. The molecule has 0 amide bonds. The molecule has 0 aliphatic heterocycles. The Morgan fingerprint density at radius 3 is 0.806 bits per heavy atom. The van der Waals surface area contributed by atoms with Crippen LogP contribution in [-0.4, -0.2) is 22.4 Å². The second kappa shape index (κ2) is 15.7. The summed E-state index contributed by atoms with van der Waals surface area (Å²) in [5, 5.41) is 25.4. The Bertz CT molecular complexity index is 766. The average molecular weight is 476 g/mol. The highest BCUT2D eigenvalue weighted by atomic mass is 31.0. The maximum atomic E-state index is 7.17. The fourth-order valence-corrected chi connectivity index (χ4v) is 3.34. The van der Waals surface area contributed by atoms with Crippen LogP contribution in [0.4, 0.5) is 0 Å². The molecule has 31 heavy (non-hydrogen) atoms. The van der Waals surface area contributed by atoms with E-state index in [4.69, 9.17) is 15.1 Å². The molecule has 3 unspecified atom stereocenters. The molecule has 168 valence electrons. The molecule has 3 rings (SSSR count). The summed E-state index contributed by atoms with van der Waals surface area (Å²) in [6.45, 7) is 12.8. The smallest absolute Gasteiger partial charge is 0.402 e. The van der Waals surface area contributed by atoms with Crippen molar-refractivity contribution < 1.29 is 15.1 Å². The van der Waals surface area contributed by atoms with Gasteiger partial charge in [0.25, 0.3) is 0 Å². The molecule has 0 radical (unpaired) electrons. The van der Waals surface area contributed by atoms with Gasteiger partial charge in [0.2, 0.25) is 0 Å². The van der Waals surface area contributed by atoms with Gasteiger partial charge in [0, 0.05) is 0 Å². The van der Waals surface area contributed by atoms with Crippen LogP contribution >= 0.6 is 27.7 Å². The van der Waals surface area contributed by atoms with Crippen molar-refractivity contribution >= 4 is 51.0 Å². The van der Waals surface area contributed by atoms with Crippen LogP contribution in [0.2, 0.25) is 0 Å². The van der Waals surface area contributed by atoms with Gasteiger partial charge in [-0.05, 0) is 90.8 Å². The van der Waals surface area contributed by atoms with Gasteiger partial charge >= 0.3 is 7.32 Å². The fourth-order valence-electron chi connectivity index (χ4n) is 2.32. The Hall–Kier alpha value is -1.11. The van der Waals surface area contributed by atoms with Crippen LogP contribution in [0.15, 0.2) is 54.6 Å². The van der Waals surface area contributed by atoms with Crippen LogP contribution in [0.1, 0.15) is 33.4 Å². The third-order valence-electron chi connectivity index (χ3n) is 4.94. The first-order valence-electron chi connectivity index (χ1n) is 9.87. The summed E-state index contributed by atoms with van der Waals surface area (Å²) >= 11 is 0. The Kier molecular flexibility index (Phi) is 15.1. The molecule has 0 bridgehead atoms. The molecule has 0 aliphatic carbocycles. The second-order valence-corrected chi connectivity index (χ2v) is 9.08. The van der Waals surface area contributed by atoms with Crippen LogP contribution in [0.25, 0.3) is 0 Å². The molecule has 0 spiro atoms. The van der Waals surface area contributed by atoms with E-state index >= 15 is 0 Å². The first-order valence-corrected chi connectivity index (χ1v) is 11.6. The second-order valence-electron chi connectivity index (χ2n) is 7.21. The van der Waals surface area contributed by atoms with Gasteiger partial charge in [-0.3, -0.25) is 0 Å². The van der Waals surface area contributed by atoms with Gasteiger partial charge in [-0.25, -0.2) is 0 Å². The van der Waals surface area contributed by atoms with Gasteiger partial charge in [-0.1, -0.05) is 54.6 Å². The van der Waals surface area contributed by atoms with Crippen molar-refractivity contribution in [3.8, 4) is 0 Å². The van der Waals surface area contributed by atoms with Crippen molar-refractivity contribution in [2.24, 2.45) is 0 Å². The van der Waals surface area contributed by atoms with Crippen molar-refractivity contribution in [2.75, 3.05) is 0 Å². The van der Waals surface area contributed by atoms with Gasteiger partial charge < -0.3 is 15.1 Å². The molecule has 0 heterocycles. The van der Waals surface area contributed by atoms with Crippen molar-refractivity contribution in [1.29, 1.82) is 0 Å². The summed E-state index contributed by atoms with van der Waals surface area (Å²) in [5.41, 5.74) is 8.22. The van der Waals surface area contributed by atoms with E-state index in [9.17, 15) is 0 Å². The molecule has 0 aliphatic rings. The number of hydrogen-bond acceptors (Lipinski definition) is 3. The van der Waals surface area contributed by atoms with E-state index in [2.05, 4.69) is 124 Å².